The van der Waals surface area contributed by atoms with Crippen molar-refractivity contribution in [1.29, 1.82) is 0 Å². The van der Waals surface area contributed by atoms with Crippen molar-refractivity contribution < 1.29 is 4.74 Å². The molecule has 2 nitrogen and oxygen atoms in total. The highest BCUT2D eigenvalue weighted by Crippen LogP contribution is 2.32. The molecule has 0 aromatic rings. The van der Waals surface area contributed by atoms with Crippen molar-refractivity contribution in [2.24, 2.45) is 5.92 Å². The second kappa shape index (κ2) is 6.75. The van der Waals surface area contributed by atoms with Crippen LogP contribution >= 0.6 is 0 Å². The first-order valence-electron chi connectivity index (χ1n) is 7.37. The number of rotatable bonds is 5. The molecule has 1 aliphatic rings. The monoisotopic (exact) mass is 241 g/mol. The summed E-state index contributed by atoms with van der Waals surface area (Å²) in [7, 11) is 0. The van der Waals surface area contributed by atoms with Gasteiger partial charge in [-0.1, -0.05) is 26.7 Å². The molecule has 1 N–H and O–H groups in total. The minimum absolute atomic E-state index is 0.0214. The average molecular weight is 241 g/mol. The summed E-state index contributed by atoms with van der Waals surface area (Å²) in [4.78, 5) is 0. The van der Waals surface area contributed by atoms with Crippen LogP contribution in [0.1, 0.15) is 66.7 Å². The summed E-state index contributed by atoms with van der Waals surface area (Å²) in [5, 5.41) is 3.59. The first kappa shape index (κ1) is 15.0. The lowest BCUT2D eigenvalue weighted by Crippen LogP contribution is -2.48. The maximum absolute atomic E-state index is 6.26. The summed E-state index contributed by atoms with van der Waals surface area (Å²) >= 11 is 0. The number of hydrogen-bond donors (Lipinski definition) is 1. The van der Waals surface area contributed by atoms with Crippen LogP contribution in [0.2, 0.25) is 0 Å². The molecule has 0 aromatic heterocycles. The highest BCUT2D eigenvalue weighted by Gasteiger charge is 2.32. The minimum Gasteiger partial charge on any atom is -0.371 e. The van der Waals surface area contributed by atoms with Gasteiger partial charge in [0.15, 0.2) is 0 Å². The smallest absolute Gasteiger partial charge is 0.0737 e. The molecule has 0 heterocycles. The van der Waals surface area contributed by atoms with Gasteiger partial charge < -0.3 is 10.1 Å². The Labute approximate surface area is 108 Å². The molecule has 0 amide bonds. The van der Waals surface area contributed by atoms with E-state index in [9.17, 15) is 0 Å². The second-order valence-corrected chi connectivity index (χ2v) is 6.40. The van der Waals surface area contributed by atoms with E-state index in [0.717, 1.165) is 12.5 Å². The Morgan fingerprint density at radius 2 is 1.88 bits per heavy atom. The van der Waals surface area contributed by atoms with E-state index in [0.29, 0.717) is 12.1 Å². The van der Waals surface area contributed by atoms with Gasteiger partial charge in [-0.15, -0.1) is 0 Å². The highest BCUT2D eigenvalue weighted by molar-refractivity contribution is 4.87. The summed E-state index contributed by atoms with van der Waals surface area (Å²) in [6.07, 6.45) is 6.96. The molecule has 1 rings (SSSR count). The highest BCUT2D eigenvalue weighted by atomic mass is 16.5. The van der Waals surface area contributed by atoms with Crippen molar-refractivity contribution in [3.63, 3.8) is 0 Å². The van der Waals surface area contributed by atoms with Gasteiger partial charge in [0.25, 0.3) is 0 Å². The van der Waals surface area contributed by atoms with Crippen molar-refractivity contribution >= 4 is 0 Å². The lowest BCUT2D eigenvalue weighted by Gasteiger charge is -2.40. The van der Waals surface area contributed by atoms with Gasteiger partial charge in [0.05, 0.1) is 11.7 Å². The van der Waals surface area contributed by atoms with Crippen LogP contribution in [0.5, 0.6) is 0 Å². The maximum atomic E-state index is 6.26. The summed E-state index contributed by atoms with van der Waals surface area (Å²) in [5.74, 6) is 0.877. The van der Waals surface area contributed by atoms with Gasteiger partial charge in [-0.2, -0.15) is 0 Å². The van der Waals surface area contributed by atoms with Crippen LogP contribution in [-0.2, 0) is 4.74 Å². The molecule has 0 aliphatic heterocycles. The molecule has 0 spiro atoms. The second-order valence-electron chi connectivity index (χ2n) is 6.40. The van der Waals surface area contributed by atoms with Gasteiger partial charge >= 0.3 is 0 Å². The molecule has 0 bridgehead atoms. The largest absolute Gasteiger partial charge is 0.371 e. The van der Waals surface area contributed by atoms with Crippen molar-refractivity contribution in [3.8, 4) is 0 Å². The quantitative estimate of drug-likeness (QED) is 0.791. The Hall–Kier alpha value is -0.0800. The van der Waals surface area contributed by atoms with Crippen LogP contribution in [0, 0.1) is 5.92 Å². The van der Waals surface area contributed by atoms with Crippen LogP contribution in [0.3, 0.4) is 0 Å². The summed E-state index contributed by atoms with van der Waals surface area (Å²) in [5.41, 5.74) is -0.0214. The molecule has 102 valence electrons. The lowest BCUT2D eigenvalue weighted by molar-refractivity contribution is -0.0956. The van der Waals surface area contributed by atoms with Gasteiger partial charge in [0.2, 0.25) is 0 Å². The first-order valence-corrected chi connectivity index (χ1v) is 7.37. The third-order valence-electron chi connectivity index (χ3n) is 3.57. The lowest BCUT2D eigenvalue weighted by atomic mass is 9.81. The van der Waals surface area contributed by atoms with Gasteiger partial charge in [-0.3, -0.25) is 0 Å². The molecule has 1 fully saturated rings. The molecule has 1 saturated carbocycles. The Kier molecular flexibility index (Phi) is 5.94. The maximum Gasteiger partial charge on any atom is 0.0737 e. The van der Waals surface area contributed by atoms with E-state index in [2.05, 4.69) is 39.9 Å². The van der Waals surface area contributed by atoms with Crippen LogP contribution < -0.4 is 5.32 Å². The van der Waals surface area contributed by atoms with E-state index in [1.54, 1.807) is 0 Å². The third kappa shape index (κ3) is 5.39. The zero-order chi connectivity index (χ0) is 12.9. The van der Waals surface area contributed by atoms with Crippen molar-refractivity contribution in [2.75, 3.05) is 6.54 Å². The fraction of sp³-hybridized carbons (Fsp3) is 1.00. The Balaban J connectivity index is 2.56. The van der Waals surface area contributed by atoms with Gasteiger partial charge in [-0.25, -0.2) is 0 Å². The van der Waals surface area contributed by atoms with E-state index in [1.807, 2.05) is 0 Å². The standard InChI is InChI=1S/C15H31NO/c1-6-8-12-9-10-13(16-7-2)14(11-12)17-15(3,4)5/h12-14,16H,6-11H2,1-5H3. The van der Waals surface area contributed by atoms with Crippen LogP contribution in [0.15, 0.2) is 0 Å². The van der Waals surface area contributed by atoms with E-state index in [4.69, 9.17) is 4.74 Å². The molecule has 2 heteroatoms. The van der Waals surface area contributed by atoms with Crippen LogP contribution in [0.25, 0.3) is 0 Å². The topological polar surface area (TPSA) is 21.3 Å². The summed E-state index contributed by atoms with van der Waals surface area (Å²) in [6, 6.07) is 0.562. The number of ether oxygens (including phenoxy) is 1. The Bertz CT molecular complexity index is 209. The van der Waals surface area contributed by atoms with Crippen molar-refractivity contribution in [1.82, 2.24) is 5.32 Å². The molecule has 0 radical (unpaired) electrons. The predicted octanol–water partition coefficient (Wildman–Crippen LogP) is 3.75. The van der Waals surface area contributed by atoms with E-state index < -0.39 is 0 Å². The molecule has 1 aliphatic carbocycles. The Morgan fingerprint density at radius 3 is 2.41 bits per heavy atom. The zero-order valence-corrected chi connectivity index (χ0v) is 12.4. The number of hydrogen-bond acceptors (Lipinski definition) is 2. The van der Waals surface area contributed by atoms with Gasteiger partial charge in [0.1, 0.15) is 0 Å². The van der Waals surface area contributed by atoms with Crippen molar-refractivity contribution in [3.05, 3.63) is 0 Å². The fourth-order valence-corrected chi connectivity index (χ4v) is 2.96. The van der Waals surface area contributed by atoms with Crippen molar-refractivity contribution in [2.45, 2.75) is 84.5 Å². The molecular formula is C15H31NO. The molecule has 17 heavy (non-hydrogen) atoms. The number of likely N-dealkylation sites (N-methyl/N-ethyl adjacent to an activating group) is 1. The molecule has 3 atom stereocenters. The Morgan fingerprint density at radius 1 is 1.18 bits per heavy atom. The van der Waals surface area contributed by atoms with Crippen LogP contribution in [0.4, 0.5) is 0 Å². The third-order valence-corrected chi connectivity index (χ3v) is 3.57. The molecule has 3 unspecified atom stereocenters. The SMILES string of the molecule is CCCC1CCC(NCC)C(OC(C)(C)C)C1. The average Bonchev–Trinajstić information content (AvgIpc) is 2.20. The molecule has 0 saturated heterocycles. The first-order chi connectivity index (χ1) is 7.96. The number of nitrogens with one attached hydrogen (secondary N) is 1. The zero-order valence-electron chi connectivity index (χ0n) is 12.4. The van der Waals surface area contributed by atoms with Gasteiger partial charge in [0, 0.05) is 6.04 Å². The van der Waals surface area contributed by atoms with E-state index >= 15 is 0 Å². The summed E-state index contributed by atoms with van der Waals surface area (Å²) < 4.78 is 6.26. The predicted molar refractivity (Wildman–Crippen MR) is 74.3 cm³/mol. The van der Waals surface area contributed by atoms with Crippen LogP contribution in [-0.4, -0.2) is 24.3 Å². The normalized spacial score (nSPS) is 30.5. The molecular weight excluding hydrogens is 210 g/mol. The van der Waals surface area contributed by atoms with E-state index in [-0.39, 0.29) is 5.60 Å². The minimum atomic E-state index is -0.0214. The fourth-order valence-electron chi connectivity index (χ4n) is 2.96. The van der Waals surface area contributed by atoms with Gasteiger partial charge in [-0.05, 0) is 52.5 Å². The molecule has 0 aromatic carbocycles. The van der Waals surface area contributed by atoms with E-state index in [1.165, 1.54) is 32.1 Å². The summed E-state index contributed by atoms with van der Waals surface area (Å²) in [6.45, 7) is 12.0.